The molecule has 0 aromatic carbocycles. The maximum atomic E-state index is 11.0. The van der Waals surface area contributed by atoms with E-state index in [4.69, 9.17) is 14.6 Å². The number of rotatable bonds is 6. The molecule has 1 N–H and O–H groups in total. The van der Waals surface area contributed by atoms with Crippen molar-refractivity contribution in [1.29, 1.82) is 0 Å². The van der Waals surface area contributed by atoms with Crippen LogP contribution in [0.3, 0.4) is 0 Å². The van der Waals surface area contributed by atoms with Crippen LogP contribution in [0, 0.1) is 0 Å². The van der Waals surface area contributed by atoms with Crippen LogP contribution in [0.15, 0.2) is 12.2 Å². The first-order valence-corrected chi connectivity index (χ1v) is 6.82. The number of hydrogen-bond acceptors (Lipinski definition) is 4. The van der Waals surface area contributed by atoms with Crippen molar-refractivity contribution in [1.82, 2.24) is 0 Å². The third kappa shape index (κ3) is 3.56. The molecule has 0 aromatic rings. The van der Waals surface area contributed by atoms with E-state index in [1.54, 1.807) is 0 Å². The molecule has 102 valence electrons. The van der Waals surface area contributed by atoms with Crippen molar-refractivity contribution in [2.24, 2.45) is 0 Å². The standard InChI is InChI=1S/C14H22O4/c1-10-9-12(3-2-8-15)17-13(10)6-4-11-5-7-14(16)18-11/h11-13,15H,1-9H2/t11-,12+,13+/m1/s1. The molecule has 0 spiro atoms. The fourth-order valence-electron chi connectivity index (χ4n) is 2.68. The first kappa shape index (κ1) is 13.6. The van der Waals surface area contributed by atoms with Crippen molar-refractivity contribution in [2.45, 2.75) is 63.3 Å². The Kier molecular flexibility index (Phi) is 4.78. The van der Waals surface area contributed by atoms with E-state index >= 15 is 0 Å². The first-order valence-electron chi connectivity index (χ1n) is 6.82. The van der Waals surface area contributed by atoms with Gasteiger partial charge in [0.2, 0.25) is 0 Å². The summed E-state index contributed by atoms with van der Waals surface area (Å²) in [5.41, 5.74) is 1.14. The molecule has 2 heterocycles. The Balaban J connectivity index is 1.69. The van der Waals surface area contributed by atoms with Crippen molar-refractivity contribution in [3.8, 4) is 0 Å². The third-order valence-electron chi connectivity index (χ3n) is 3.71. The van der Waals surface area contributed by atoms with Crippen LogP contribution >= 0.6 is 0 Å². The van der Waals surface area contributed by atoms with Gasteiger partial charge in [-0.25, -0.2) is 0 Å². The summed E-state index contributed by atoms with van der Waals surface area (Å²) in [6.45, 7) is 4.28. The number of ether oxygens (including phenoxy) is 2. The van der Waals surface area contributed by atoms with Crippen LogP contribution in [-0.2, 0) is 14.3 Å². The molecule has 2 saturated heterocycles. The summed E-state index contributed by atoms with van der Waals surface area (Å²) in [4.78, 5) is 11.0. The Bertz CT molecular complexity index is 313. The molecule has 4 heteroatoms. The average Bonchev–Trinajstić information content (AvgIpc) is 2.90. The Labute approximate surface area is 108 Å². The van der Waals surface area contributed by atoms with Gasteiger partial charge in [-0.1, -0.05) is 6.58 Å². The lowest BCUT2D eigenvalue weighted by molar-refractivity contribution is -0.141. The predicted molar refractivity (Wildman–Crippen MR) is 67.1 cm³/mol. The third-order valence-corrected chi connectivity index (χ3v) is 3.71. The van der Waals surface area contributed by atoms with E-state index in [-0.39, 0.29) is 30.9 Å². The van der Waals surface area contributed by atoms with Crippen LogP contribution in [0.25, 0.3) is 0 Å². The molecule has 0 amide bonds. The highest BCUT2D eigenvalue weighted by molar-refractivity contribution is 5.71. The molecule has 2 aliphatic rings. The second-order valence-electron chi connectivity index (χ2n) is 5.20. The molecule has 18 heavy (non-hydrogen) atoms. The van der Waals surface area contributed by atoms with Gasteiger partial charge in [0, 0.05) is 13.0 Å². The molecule has 0 aromatic heterocycles. The smallest absolute Gasteiger partial charge is 0.306 e. The number of aliphatic hydroxyl groups is 1. The maximum Gasteiger partial charge on any atom is 0.306 e. The second-order valence-corrected chi connectivity index (χ2v) is 5.20. The van der Waals surface area contributed by atoms with Crippen molar-refractivity contribution in [3.05, 3.63) is 12.2 Å². The van der Waals surface area contributed by atoms with Gasteiger partial charge < -0.3 is 14.6 Å². The van der Waals surface area contributed by atoms with E-state index in [1.165, 1.54) is 0 Å². The molecule has 2 rings (SSSR count). The largest absolute Gasteiger partial charge is 0.462 e. The van der Waals surface area contributed by atoms with Gasteiger partial charge in [0.1, 0.15) is 6.10 Å². The summed E-state index contributed by atoms with van der Waals surface area (Å²) in [5, 5.41) is 8.80. The maximum absolute atomic E-state index is 11.0. The minimum absolute atomic E-state index is 0.0744. The lowest BCUT2D eigenvalue weighted by Crippen LogP contribution is -2.15. The molecule has 0 unspecified atom stereocenters. The molecule has 2 aliphatic heterocycles. The summed E-state index contributed by atoms with van der Waals surface area (Å²) in [7, 11) is 0. The minimum Gasteiger partial charge on any atom is -0.462 e. The summed E-state index contributed by atoms with van der Waals surface area (Å²) in [6.07, 6.45) is 6.10. The minimum atomic E-state index is -0.0769. The van der Waals surface area contributed by atoms with Crippen molar-refractivity contribution >= 4 is 5.97 Å². The second kappa shape index (κ2) is 6.34. The van der Waals surface area contributed by atoms with Gasteiger partial charge in [0.15, 0.2) is 0 Å². The monoisotopic (exact) mass is 254 g/mol. The summed E-state index contributed by atoms with van der Waals surface area (Å²) in [6, 6.07) is 0. The SMILES string of the molecule is C=C1C[C@H](CCCO)O[C@H]1CC[C@@H]1CCC(=O)O1. The fraction of sp³-hybridized carbons (Fsp3) is 0.786. The lowest BCUT2D eigenvalue weighted by Gasteiger charge is -2.15. The van der Waals surface area contributed by atoms with Crippen LogP contribution in [0.5, 0.6) is 0 Å². The van der Waals surface area contributed by atoms with Crippen LogP contribution in [0.1, 0.15) is 44.9 Å². The predicted octanol–water partition coefficient (Wildman–Crippen LogP) is 1.96. The molecule has 4 nitrogen and oxygen atoms in total. The molecule has 0 bridgehead atoms. The van der Waals surface area contributed by atoms with Crippen molar-refractivity contribution in [3.63, 3.8) is 0 Å². The number of hydrogen-bond donors (Lipinski definition) is 1. The zero-order chi connectivity index (χ0) is 13.0. The Morgan fingerprint density at radius 1 is 1.28 bits per heavy atom. The Hall–Kier alpha value is -0.870. The van der Waals surface area contributed by atoms with Crippen LogP contribution in [-0.4, -0.2) is 36.0 Å². The summed E-state index contributed by atoms with van der Waals surface area (Å²) in [5.74, 6) is -0.0769. The average molecular weight is 254 g/mol. The van der Waals surface area contributed by atoms with Gasteiger partial charge in [-0.05, 0) is 44.1 Å². The van der Waals surface area contributed by atoms with E-state index in [2.05, 4.69) is 6.58 Å². The van der Waals surface area contributed by atoms with Crippen LogP contribution in [0.2, 0.25) is 0 Å². The summed E-state index contributed by atoms with van der Waals surface area (Å²) < 4.78 is 11.1. The Morgan fingerprint density at radius 2 is 2.11 bits per heavy atom. The lowest BCUT2D eigenvalue weighted by atomic mass is 10.0. The van der Waals surface area contributed by atoms with E-state index in [0.29, 0.717) is 6.42 Å². The molecule has 3 atom stereocenters. The molecule has 0 aliphatic carbocycles. The van der Waals surface area contributed by atoms with Crippen LogP contribution < -0.4 is 0 Å². The highest BCUT2D eigenvalue weighted by atomic mass is 16.5. The molecular weight excluding hydrogens is 232 g/mol. The molecule has 2 fully saturated rings. The van der Waals surface area contributed by atoms with Gasteiger partial charge in [-0.2, -0.15) is 0 Å². The molecule has 0 radical (unpaired) electrons. The van der Waals surface area contributed by atoms with E-state index < -0.39 is 0 Å². The highest BCUT2D eigenvalue weighted by Crippen LogP contribution is 2.31. The number of aliphatic hydroxyl groups excluding tert-OH is 1. The molecule has 0 saturated carbocycles. The fourth-order valence-corrected chi connectivity index (χ4v) is 2.68. The topological polar surface area (TPSA) is 55.8 Å². The van der Waals surface area contributed by atoms with E-state index in [1.807, 2.05) is 0 Å². The highest BCUT2D eigenvalue weighted by Gasteiger charge is 2.30. The van der Waals surface area contributed by atoms with Crippen molar-refractivity contribution in [2.75, 3.05) is 6.61 Å². The van der Waals surface area contributed by atoms with E-state index in [0.717, 1.165) is 44.1 Å². The van der Waals surface area contributed by atoms with Gasteiger partial charge in [0.25, 0.3) is 0 Å². The normalized spacial score (nSPS) is 31.9. The summed E-state index contributed by atoms with van der Waals surface area (Å²) >= 11 is 0. The van der Waals surface area contributed by atoms with E-state index in [9.17, 15) is 4.79 Å². The van der Waals surface area contributed by atoms with Gasteiger partial charge in [-0.15, -0.1) is 0 Å². The van der Waals surface area contributed by atoms with Crippen molar-refractivity contribution < 1.29 is 19.4 Å². The molecular formula is C14H22O4. The number of esters is 1. The Morgan fingerprint density at radius 3 is 2.78 bits per heavy atom. The van der Waals surface area contributed by atoms with Gasteiger partial charge >= 0.3 is 5.97 Å². The van der Waals surface area contributed by atoms with Gasteiger partial charge in [-0.3, -0.25) is 4.79 Å². The first-order chi connectivity index (χ1) is 8.69. The zero-order valence-electron chi connectivity index (χ0n) is 10.8. The van der Waals surface area contributed by atoms with Crippen LogP contribution in [0.4, 0.5) is 0 Å². The zero-order valence-corrected chi connectivity index (χ0v) is 10.8. The number of carbonyl (C=O) groups excluding carboxylic acids is 1. The number of carbonyl (C=O) groups is 1. The van der Waals surface area contributed by atoms with Gasteiger partial charge in [0.05, 0.1) is 12.2 Å². The quantitative estimate of drug-likeness (QED) is 0.581. The number of cyclic esters (lactones) is 1.